The van der Waals surface area contributed by atoms with Gasteiger partial charge in [-0.25, -0.2) is 9.59 Å². The van der Waals surface area contributed by atoms with Crippen LogP contribution in [0.2, 0.25) is 0 Å². The molecule has 18 heavy (non-hydrogen) atoms. The summed E-state index contributed by atoms with van der Waals surface area (Å²) >= 11 is 1.57. The van der Waals surface area contributed by atoms with Crippen LogP contribution in [0.15, 0.2) is 0 Å². The van der Waals surface area contributed by atoms with E-state index in [0.29, 0.717) is 12.2 Å². The minimum atomic E-state index is -0.982. The van der Waals surface area contributed by atoms with Crippen molar-refractivity contribution in [2.24, 2.45) is 0 Å². The number of nitrogens with one attached hydrogen (secondary N) is 3. The lowest BCUT2D eigenvalue weighted by Gasteiger charge is -2.24. The molecular formula is C11H21N3O3S. The zero-order chi connectivity index (χ0) is 13.4. The van der Waals surface area contributed by atoms with E-state index in [-0.39, 0.29) is 12.1 Å². The molecule has 7 heteroatoms. The Morgan fingerprint density at radius 1 is 1.44 bits per heavy atom. The third-order valence-electron chi connectivity index (χ3n) is 2.89. The lowest BCUT2D eigenvalue weighted by Crippen LogP contribution is -2.51. The predicted molar refractivity (Wildman–Crippen MR) is 72.0 cm³/mol. The minimum Gasteiger partial charge on any atom is -0.480 e. The third-order valence-corrected chi connectivity index (χ3v) is 3.53. The highest BCUT2D eigenvalue weighted by molar-refractivity contribution is 7.98. The molecule has 0 saturated carbocycles. The number of carbonyl (C=O) groups is 2. The van der Waals surface area contributed by atoms with Gasteiger partial charge < -0.3 is 21.1 Å². The average Bonchev–Trinajstić information content (AvgIpc) is 2.35. The van der Waals surface area contributed by atoms with Crippen LogP contribution in [0, 0.1) is 0 Å². The molecule has 1 rings (SSSR count). The number of hydrogen-bond acceptors (Lipinski definition) is 4. The van der Waals surface area contributed by atoms with Crippen molar-refractivity contribution in [3.05, 3.63) is 0 Å². The Morgan fingerprint density at radius 3 is 2.67 bits per heavy atom. The van der Waals surface area contributed by atoms with Crippen LogP contribution in [0.1, 0.15) is 19.3 Å². The highest BCUT2D eigenvalue weighted by Gasteiger charge is 2.21. The van der Waals surface area contributed by atoms with E-state index in [2.05, 4.69) is 16.0 Å². The number of piperidine rings is 1. The summed E-state index contributed by atoms with van der Waals surface area (Å²) in [5, 5.41) is 17.5. The quantitative estimate of drug-likeness (QED) is 0.558. The fourth-order valence-corrected chi connectivity index (χ4v) is 2.32. The lowest BCUT2D eigenvalue weighted by atomic mass is 10.1. The van der Waals surface area contributed by atoms with Crippen molar-refractivity contribution in [1.82, 2.24) is 16.0 Å². The summed E-state index contributed by atoms with van der Waals surface area (Å²) in [6.07, 6.45) is 4.12. The maximum absolute atomic E-state index is 11.7. The molecule has 0 aromatic carbocycles. The summed E-state index contributed by atoms with van der Waals surface area (Å²) in [6, 6.07) is -1.05. The Hall–Kier alpha value is -0.950. The van der Waals surface area contributed by atoms with Gasteiger partial charge in [-0.1, -0.05) is 0 Å². The van der Waals surface area contributed by atoms with Gasteiger partial charge >= 0.3 is 12.0 Å². The molecule has 1 fully saturated rings. The number of carbonyl (C=O) groups excluding carboxylic acids is 1. The van der Waals surface area contributed by atoms with Crippen molar-refractivity contribution in [3.8, 4) is 0 Å². The molecule has 6 nitrogen and oxygen atoms in total. The number of rotatable bonds is 6. The lowest BCUT2D eigenvalue weighted by molar-refractivity contribution is -0.139. The molecule has 1 aliphatic rings. The van der Waals surface area contributed by atoms with Crippen LogP contribution in [0.5, 0.6) is 0 Å². The molecule has 1 aliphatic heterocycles. The number of carboxylic acid groups (broad SMARTS) is 1. The number of thioether (sulfide) groups is 1. The minimum absolute atomic E-state index is 0.140. The molecule has 4 N–H and O–H groups in total. The topological polar surface area (TPSA) is 90.5 Å². The summed E-state index contributed by atoms with van der Waals surface area (Å²) in [5.74, 6) is -0.269. The van der Waals surface area contributed by atoms with E-state index < -0.39 is 12.0 Å². The molecule has 104 valence electrons. The molecule has 1 atom stereocenters. The normalized spacial score (nSPS) is 18.1. The van der Waals surface area contributed by atoms with Crippen molar-refractivity contribution in [1.29, 1.82) is 0 Å². The van der Waals surface area contributed by atoms with E-state index in [1.165, 1.54) is 0 Å². The fourth-order valence-electron chi connectivity index (χ4n) is 1.84. The third kappa shape index (κ3) is 5.59. The second-order valence-corrected chi connectivity index (χ2v) is 5.30. The van der Waals surface area contributed by atoms with Gasteiger partial charge in [-0.15, -0.1) is 0 Å². The number of carboxylic acids is 1. The molecule has 0 aliphatic carbocycles. The number of aliphatic carboxylic acids is 1. The van der Waals surface area contributed by atoms with Crippen molar-refractivity contribution >= 4 is 23.8 Å². The van der Waals surface area contributed by atoms with E-state index in [1.54, 1.807) is 11.8 Å². The molecule has 0 bridgehead atoms. The van der Waals surface area contributed by atoms with Gasteiger partial charge in [0, 0.05) is 6.04 Å². The van der Waals surface area contributed by atoms with Crippen molar-refractivity contribution in [2.75, 3.05) is 25.1 Å². The van der Waals surface area contributed by atoms with Crippen molar-refractivity contribution in [3.63, 3.8) is 0 Å². The Labute approximate surface area is 111 Å². The van der Waals surface area contributed by atoms with Gasteiger partial charge in [0.05, 0.1) is 0 Å². The molecular weight excluding hydrogens is 254 g/mol. The Balaban J connectivity index is 2.32. The van der Waals surface area contributed by atoms with Gasteiger partial charge in [0.15, 0.2) is 0 Å². The summed E-state index contributed by atoms with van der Waals surface area (Å²) in [5.41, 5.74) is 0. The van der Waals surface area contributed by atoms with Crippen molar-refractivity contribution in [2.45, 2.75) is 31.3 Å². The van der Waals surface area contributed by atoms with E-state index in [1.807, 2.05) is 6.26 Å². The summed E-state index contributed by atoms with van der Waals surface area (Å²) in [6.45, 7) is 1.78. The number of amides is 2. The largest absolute Gasteiger partial charge is 0.480 e. The second-order valence-electron chi connectivity index (χ2n) is 4.31. The van der Waals surface area contributed by atoms with Gasteiger partial charge in [0.1, 0.15) is 6.04 Å². The zero-order valence-corrected chi connectivity index (χ0v) is 11.4. The van der Waals surface area contributed by atoms with Crippen LogP contribution in [-0.4, -0.2) is 54.3 Å². The van der Waals surface area contributed by atoms with E-state index in [9.17, 15) is 9.59 Å². The van der Waals surface area contributed by atoms with Crippen LogP contribution in [0.25, 0.3) is 0 Å². The molecule has 1 unspecified atom stereocenters. The SMILES string of the molecule is CSCCC(NC(=O)NC1CCNCC1)C(=O)O. The first-order valence-corrected chi connectivity index (χ1v) is 7.52. The van der Waals surface area contributed by atoms with E-state index in [4.69, 9.17) is 5.11 Å². The van der Waals surface area contributed by atoms with Gasteiger partial charge in [0.2, 0.25) is 0 Å². The predicted octanol–water partition coefficient (Wildman–Crippen LogP) is 0.244. The fraction of sp³-hybridized carbons (Fsp3) is 0.818. The van der Waals surface area contributed by atoms with E-state index >= 15 is 0 Å². The van der Waals surface area contributed by atoms with Crippen molar-refractivity contribution < 1.29 is 14.7 Å². The van der Waals surface area contributed by atoms with Crippen LogP contribution < -0.4 is 16.0 Å². The molecule has 1 heterocycles. The van der Waals surface area contributed by atoms with Crippen LogP contribution in [0.3, 0.4) is 0 Å². The Kier molecular flexibility index (Phi) is 6.89. The van der Waals surface area contributed by atoms with Gasteiger partial charge in [-0.2, -0.15) is 11.8 Å². The average molecular weight is 275 g/mol. The first-order chi connectivity index (χ1) is 8.63. The first-order valence-electron chi connectivity index (χ1n) is 6.13. The van der Waals surface area contributed by atoms with Crippen LogP contribution in [0.4, 0.5) is 4.79 Å². The summed E-state index contributed by atoms with van der Waals surface area (Å²) in [7, 11) is 0. The molecule has 1 saturated heterocycles. The van der Waals surface area contributed by atoms with Gasteiger partial charge in [0.25, 0.3) is 0 Å². The molecule has 0 radical (unpaired) electrons. The molecule has 2 amide bonds. The summed E-state index contributed by atoms with van der Waals surface area (Å²) < 4.78 is 0. The van der Waals surface area contributed by atoms with Gasteiger partial charge in [-0.3, -0.25) is 0 Å². The van der Waals surface area contributed by atoms with E-state index in [0.717, 1.165) is 25.9 Å². The molecule has 0 aromatic heterocycles. The highest BCUT2D eigenvalue weighted by atomic mass is 32.2. The number of hydrogen-bond donors (Lipinski definition) is 4. The van der Waals surface area contributed by atoms with Gasteiger partial charge in [-0.05, 0) is 44.4 Å². The van der Waals surface area contributed by atoms with Crippen LogP contribution in [-0.2, 0) is 4.79 Å². The molecule has 0 aromatic rings. The standard InChI is InChI=1S/C11H21N3O3S/c1-18-7-4-9(10(15)16)14-11(17)13-8-2-5-12-6-3-8/h8-9,12H,2-7H2,1H3,(H,15,16)(H2,13,14,17). The number of urea groups is 1. The maximum Gasteiger partial charge on any atom is 0.326 e. The Bertz CT molecular complexity index is 283. The Morgan fingerprint density at radius 2 is 2.11 bits per heavy atom. The second kappa shape index (κ2) is 8.20. The molecule has 0 spiro atoms. The maximum atomic E-state index is 11.7. The monoisotopic (exact) mass is 275 g/mol. The smallest absolute Gasteiger partial charge is 0.326 e. The first kappa shape index (κ1) is 15.1. The zero-order valence-electron chi connectivity index (χ0n) is 10.6. The van der Waals surface area contributed by atoms with Crippen LogP contribution >= 0.6 is 11.8 Å². The highest BCUT2D eigenvalue weighted by Crippen LogP contribution is 2.03. The summed E-state index contributed by atoms with van der Waals surface area (Å²) in [4.78, 5) is 22.6.